The molecule has 156 valence electrons. The first-order valence-corrected chi connectivity index (χ1v) is 10.1. The van der Waals surface area contributed by atoms with Gasteiger partial charge in [-0.3, -0.25) is 0 Å². The summed E-state index contributed by atoms with van der Waals surface area (Å²) in [5, 5.41) is 3.28. The summed E-state index contributed by atoms with van der Waals surface area (Å²) in [6.45, 7) is 7.89. The van der Waals surface area contributed by atoms with E-state index in [4.69, 9.17) is 10.5 Å². The number of nitrogens with two attached hydrogens (primary N) is 1. The highest BCUT2D eigenvalue weighted by atomic mass is 16.5. The van der Waals surface area contributed by atoms with Crippen molar-refractivity contribution in [2.75, 3.05) is 54.1 Å². The summed E-state index contributed by atoms with van der Waals surface area (Å²) in [5.41, 5.74) is 11.8. The molecule has 1 aromatic heterocycles. The number of nitrogens with zero attached hydrogens (tertiary/aromatic N) is 4. The summed E-state index contributed by atoms with van der Waals surface area (Å²) >= 11 is 0. The van der Waals surface area contributed by atoms with Crippen LogP contribution in [0.2, 0.25) is 0 Å². The topological polar surface area (TPSA) is 79.5 Å². The van der Waals surface area contributed by atoms with Gasteiger partial charge in [0.1, 0.15) is 17.8 Å². The molecule has 1 aliphatic heterocycles. The minimum atomic E-state index is 0.545. The Hall–Kier alpha value is -3.48. The van der Waals surface area contributed by atoms with Gasteiger partial charge in [-0.05, 0) is 43.2 Å². The number of aromatic nitrogens is 2. The highest BCUT2D eigenvalue weighted by Gasteiger charge is 2.22. The molecule has 0 atom stereocenters. The lowest BCUT2D eigenvalue weighted by Crippen LogP contribution is -2.47. The van der Waals surface area contributed by atoms with Crippen molar-refractivity contribution in [3.05, 3.63) is 59.9 Å². The molecule has 1 saturated heterocycles. The van der Waals surface area contributed by atoms with Crippen LogP contribution >= 0.6 is 0 Å². The molecule has 1 aliphatic rings. The lowest BCUT2D eigenvalue weighted by molar-refractivity contribution is 0.417. The normalized spacial score (nSPS) is 14.0. The van der Waals surface area contributed by atoms with Gasteiger partial charge in [-0.15, -0.1) is 0 Å². The first kappa shape index (κ1) is 19.8. The van der Waals surface area contributed by atoms with Crippen molar-refractivity contribution in [3.63, 3.8) is 0 Å². The Morgan fingerprint density at radius 3 is 2.43 bits per heavy atom. The van der Waals surface area contributed by atoms with Gasteiger partial charge in [-0.2, -0.15) is 0 Å². The van der Waals surface area contributed by atoms with Gasteiger partial charge in [0.15, 0.2) is 11.6 Å². The smallest absolute Gasteiger partial charge is 0.159 e. The number of rotatable bonds is 5. The van der Waals surface area contributed by atoms with Crippen molar-refractivity contribution in [2.45, 2.75) is 13.8 Å². The molecular formula is C23H28N6O. The zero-order valence-electron chi connectivity index (χ0n) is 17.7. The van der Waals surface area contributed by atoms with E-state index in [0.717, 1.165) is 43.4 Å². The largest absolute Gasteiger partial charge is 0.495 e. The van der Waals surface area contributed by atoms with Crippen LogP contribution in [0, 0.1) is 13.8 Å². The predicted molar refractivity (Wildman–Crippen MR) is 123 cm³/mol. The van der Waals surface area contributed by atoms with E-state index in [1.165, 1.54) is 16.8 Å². The summed E-state index contributed by atoms with van der Waals surface area (Å²) in [6.07, 6.45) is 1.56. The van der Waals surface area contributed by atoms with Crippen molar-refractivity contribution < 1.29 is 4.74 Å². The average Bonchev–Trinajstić information content (AvgIpc) is 2.78. The zero-order valence-corrected chi connectivity index (χ0v) is 17.7. The molecule has 2 heterocycles. The quantitative estimate of drug-likeness (QED) is 0.670. The Morgan fingerprint density at radius 2 is 1.67 bits per heavy atom. The number of para-hydroxylation sites is 2. The van der Waals surface area contributed by atoms with Crippen molar-refractivity contribution >= 4 is 28.7 Å². The fraction of sp³-hybridized carbons (Fsp3) is 0.304. The SMILES string of the molecule is COc1ccccc1Nc1ncnc(N2CCN(c3cccc(C)c3C)CC2)c1N. The van der Waals surface area contributed by atoms with E-state index >= 15 is 0 Å². The van der Waals surface area contributed by atoms with E-state index in [1.54, 1.807) is 13.4 Å². The highest BCUT2D eigenvalue weighted by molar-refractivity contribution is 5.80. The van der Waals surface area contributed by atoms with Crippen molar-refractivity contribution in [1.29, 1.82) is 0 Å². The molecule has 0 saturated carbocycles. The molecule has 1 fully saturated rings. The van der Waals surface area contributed by atoms with Crippen LogP contribution in [-0.4, -0.2) is 43.3 Å². The maximum absolute atomic E-state index is 6.46. The van der Waals surface area contributed by atoms with Crippen LogP contribution in [0.4, 0.5) is 28.7 Å². The molecule has 3 N–H and O–H groups in total. The number of nitrogens with one attached hydrogen (secondary N) is 1. The molecule has 30 heavy (non-hydrogen) atoms. The lowest BCUT2D eigenvalue weighted by atomic mass is 10.1. The molecule has 3 aromatic rings. The number of anilines is 5. The Labute approximate surface area is 177 Å². The molecule has 7 heteroatoms. The predicted octanol–water partition coefficient (Wildman–Crippen LogP) is 3.75. The Kier molecular flexibility index (Phi) is 5.61. The Balaban J connectivity index is 1.50. The van der Waals surface area contributed by atoms with Gasteiger partial charge >= 0.3 is 0 Å². The van der Waals surface area contributed by atoms with Gasteiger partial charge in [0.25, 0.3) is 0 Å². The van der Waals surface area contributed by atoms with Gasteiger partial charge in [0.05, 0.1) is 12.8 Å². The van der Waals surface area contributed by atoms with Crippen LogP contribution < -0.4 is 25.6 Å². The van der Waals surface area contributed by atoms with Gasteiger partial charge in [0.2, 0.25) is 0 Å². The summed E-state index contributed by atoms with van der Waals surface area (Å²) in [5.74, 6) is 2.09. The van der Waals surface area contributed by atoms with Crippen LogP contribution in [-0.2, 0) is 0 Å². The minimum Gasteiger partial charge on any atom is -0.495 e. The molecule has 0 unspecified atom stereocenters. The van der Waals surface area contributed by atoms with Gasteiger partial charge in [-0.25, -0.2) is 9.97 Å². The summed E-state index contributed by atoms with van der Waals surface area (Å²) in [6, 6.07) is 14.2. The Bertz CT molecular complexity index is 1030. The summed E-state index contributed by atoms with van der Waals surface area (Å²) in [4.78, 5) is 13.5. The fourth-order valence-electron chi connectivity index (χ4n) is 3.85. The first-order valence-electron chi connectivity index (χ1n) is 10.1. The number of hydrogen-bond donors (Lipinski definition) is 2. The second-order valence-electron chi connectivity index (χ2n) is 7.48. The number of ether oxygens (including phenoxy) is 1. The molecule has 7 nitrogen and oxygen atoms in total. The minimum absolute atomic E-state index is 0.545. The van der Waals surface area contributed by atoms with Crippen molar-refractivity contribution in [2.24, 2.45) is 0 Å². The second kappa shape index (κ2) is 8.49. The first-order chi connectivity index (χ1) is 14.6. The van der Waals surface area contributed by atoms with Gasteiger partial charge < -0.3 is 25.6 Å². The van der Waals surface area contributed by atoms with Crippen LogP contribution in [0.1, 0.15) is 11.1 Å². The molecule has 4 rings (SSSR count). The van der Waals surface area contributed by atoms with E-state index in [-0.39, 0.29) is 0 Å². The van der Waals surface area contributed by atoms with Crippen molar-refractivity contribution in [3.8, 4) is 5.75 Å². The molecular weight excluding hydrogens is 376 g/mol. The average molecular weight is 405 g/mol. The van der Waals surface area contributed by atoms with Crippen LogP contribution in [0.25, 0.3) is 0 Å². The Morgan fingerprint density at radius 1 is 0.933 bits per heavy atom. The number of piperazine rings is 1. The van der Waals surface area contributed by atoms with E-state index in [0.29, 0.717) is 11.5 Å². The molecule has 0 aliphatic carbocycles. The number of methoxy groups -OCH3 is 1. The lowest BCUT2D eigenvalue weighted by Gasteiger charge is -2.38. The molecule has 2 aromatic carbocycles. The zero-order chi connectivity index (χ0) is 21.1. The second-order valence-corrected chi connectivity index (χ2v) is 7.48. The number of benzene rings is 2. The van der Waals surface area contributed by atoms with Crippen LogP contribution in [0.5, 0.6) is 5.75 Å². The van der Waals surface area contributed by atoms with E-state index in [1.807, 2.05) is 24.3 Å². The summed E-state index contributed by atoms with van der Waals surface area (Å²) < 4.78 is 5.41. The standard InChI is InChI=1S/C23H28N6O/c1-16-7-6-9-19(17(16)2)28-11-13-29(14-12-28)23-21(24)22(25-15-26-23)27-18-8-4-5-10-20(18)30-3/h4-10,15H,11-14,24H2,1-3H3,(H,25,26,27). The molecule has 0 bridgehead atoms. The number of nitrogen functional groups attached to an aromatic ring is 1. The van der Waals surface area contributed by atoms with E-state index < -0.39 is 0 Å². The summed E-state index contributed by atoms with van der Waals surface area (Å²) in [7, 11) is 1.64. The molecule has 0 radical (unpaired) electrons. The fourth-order valence-corrected chi connectivity index (χ4v) is 3.85. The third kappa shape index (κ3) is 3.83. The third-order valence-electron chi connectivity index (χ3n) is 5.72. The molecule has 0 amide bonds. The maximum Gasteiger partial charge on any atom is 0.159 e. The van der Waals surface area contributed by atoms with Gasteiger partial charge in [0, 0.05) is 31.9 Å². The third-order valence-corrected chi connectivity index (χ3v) is 5.72. The van der Waals surface area contributed by atoms with Crippen molar-refractivity contribution in [1.82, 2.24) is 9.97 Å². The number of aryl methyl sites for hydroxylation is 1. The maximum atomic E-state index is 6.46. The number of hydrogen-bond acceptors (Lipinski definition) is 7. The van der Waals surface area contributed by atoms with E-state index in [9.17, 15) is 0 Å². The molecule has 0 spiro atoms. The highest BCUT2D eigenvalue weighted by Crippen LogP contribution is 2.33. The van der Waals surface area contributed by atoms with Gasteiger partial charge in [-0.1, -0.05) is 24.3 Å². The monoisotopic (exact) mass is 404 g/mol. The van der Waals surface area contributed by atoms with E-state index in [2.05, 4.69) is 57.1 Å². The van der Waals surface area contributed by atoms with Crippen LogP contribution in [0.3, 0.4) is 0 Å². The van der Waals surface area contributed by atoms with Crippen LogP contribution in [0.15, 0.2) is 48.8 Å².